The highest BCUT2D eigenvalue weighted by Crippen LogP contribution is 2.30. The minimum Gasteiger partial charge on any atom is -0.462 e. The van der Waals surface area contributed by atoms with Crippen LogP contribution in [0.25, 0.3) is 0 Å². The Morgan fingerprint density at radius 3 is 1.89 bits per heavy atom. The number of benzene rings is 3. The van der Waals surface area contributed by atoms with Crippen molar-refractivity contribution in [2.75, 3.05) is 44.2 Å². The molecular weight excluding hydrogens is 446 g/mol. The van der Waals surface area contributed by atoms with Crippen molar-refractivity contribution in [2.45, 2.75) is 25.7 Å². The van der Waals surface area contributed by atoms with Gasteiger partial charge in [0.15, 0.2) is 0 Å². The molecule has 0 aromatic heterocycles. The van der Waals surface area contributed by atoms with Gasteiger partial charge in [0.05, 0.1) is 12.2 Å². The van der Waals surface area contributed by atoms with Gasteiger partial charge in [-0.3, -0.25) is 4.90 Å². The second-order valence-electron chi connectivity index (χ2n) is 8.89. The highest BCUT2D eigenvalue weighted by Gasteiger charge is 2.19. The molecule has 0 spiro atoms. The first-order chi connectivity index (χ1) is 17.0. The lowest BCUT2D eigenvalue weighted by Crippen LogP contribution is -2.46. The molecule has 0 saturated carbocycles. The van der Waals surface area contributed by atoms with E-state index in [9.17, 15) is 13.6 Å². The van der Waals surface area contributed by atoms with E-state index in [0.29, 0.717) is 12.2 Å². The minimum absolute atomic E-state index is 0.107. The van der Waals surface area contributed by atoms with Crippen LogP contribution in [0.3, 0.4) is 0 Å². The second-order valence-corrected chi connectivity index (χ2v) is 8.89. The number of halogens is 2. The molecule has 0 bridgehead atoms. The van der Waals surface area contributed by atoms with E-state index in [0.717, 1.165) is 62.4 Å². The van der Waals surface area contributed by atoms with Crippen LogP contribution in [0.5, 0.6) is 0 Å². The summed E-state index contributed by atoms with van der Waals surface area (Å²) >= 11 is 0. The fraction of sp³-hybridized carbons (Fsp3) is 0.345. The first-order valence-electron chi connectivity index (χ1n) is 12.3. The molecule has 1 heterocycles. The van der Waals surface area contributed by atoms with E-state index < -0.39 is 0 Å². The summed E-state index contributed by atoms with van der Waals surface area (Å²) in [5.74, 6) is -0.682. The van der Waals surface area contributed by atoms with Crippen LogP contribution in [0.2, 0.25) is 0 Å². The van der Waals surface area contributed by atoms with Gasteiger partial charge < -0.3 is 9.64 Å². The molecule has 6 heteroatoms. The van der Waals surface area contributed by atoms with Gasteiger partial charge in [-0.1, -0.05) is 24.3 Å². The summed E-state index contributed by atoms with van der Waals surface area (Å²) < 4.78 is 32.0. The Kier molecular flexibility index (Phi) is 8.48. The van der Waals surface area contributed by atoms with Crippen molar-refractivity contribution in [3.05, 3.63) is 101 Å². The van der Waals surface area contributed by atoms with Crippen LogP contribution in [0.15, 0.2) is 72.8 Å². The maximum absolute atomic E-state index is 13.5. The lowest BCUT2D eigenvalue weighted by atomic mass is 9.87. The Labute approximate surface area is 206 Å². The average Bonchev–Trinajstić information content (AvgIpc) is 2.89. The number of esters is 1. The zero-order chi connectivity index (χ0) is 24.6. The SMILES string of the molecule is CCOC(=O)c1ccc(N2CCN(CCCC(c3ccc(F)cc3)c3ccc(F)cc3)CC2)cc1. The van der Waals surface area contributed by atoms with Gasteiger partial charge >= 0.3 is 5.97 Å². The lowest BCUT2D eigenvalue weighted by Gasteiger charge is -2.36. The Balaban J connectivity index is 1.29. The average molecular weight is 479 g/mol. The van der Waals surface area contributed by atoms with Crippen molar-refractivity contribution in [1.29, 1.82) is 0 Å². The van der Waals surface area contributed by atoms with E-state index in [2.05, 4.69) is 9.80 Å². The molecule has 0 aliphatic carbocycles. The summed E-state index contributed by atoms with van der Waals surface area (Å²) in [4.78, 5) is 16.7. The molecule has 1 aliphatic heterocycles. The maximum Gasteiger partial charge on any atom is 0.338 e. The van der Waals surface area contributed by atoms with Gasteiger partial charge in [-0.2, -0.15) is 0 Å². The first kappa shape index (κ1) is 24.9. The second kappa shape index (κ2) is 11.9. The molecule has 4 nitrogen and oxygen atoms in total. The molecule has 1 saturated heterocycles. The van der Waals surface area contributed by atoms with Crippen LogP contribution >= 0.6 is 0 Å². The number of hydrogen-bond donors (Lipinski definition) is 0. The predicted molar refractivity (Wildman–Crippen MR) is 135 cm³/mol. The Morgan fingerprint density at radius 2 is 1.37 bits per heavy atom. The topological polar surface area (TPSA) is 32.8 Å². The molecule has 0 N–H and O–H groups in total. The molecule has 0 unspecified atom stereocenters. The molecule has 35 heavy (non-hydrogen) atoms. The van der Waals surface area contributed by atoms with E-state index in [1.807, 2.05) is 48.5 Å². The van der Waals surface area contributed by atoms with E-state index in [1.54, 1.807) is 6.92 Å². The third kappa shape index (κ3) is 6.67. The Hall–Kier alpha value is -3.25. The summed E-state index contributed by atoms with van der Waals surface area (Å²) in [5.41, 5.74) is 3.79. The summed E-state index contributed by atoms with van der Waals surface area (Å²) in [6, 6.07) is 20.9. The molecular formula is C29H32F2N2O2. The van der Waals surface area contributed by atoms with Crippen LogP contribution in [0.4, 0.5) is 14.5 Å². The third-order valence-electron chi connectivity index (χ3n) is 6.63. The fourth-order valence-electron chi connectivity index (χ4n) is 4.69. The van der Waals surface area contributed by atoms with E-state index in [-0.39, 0.29) is 23.5 Å². The Bertz CT molecular complexity index is 1030. The van der Waals surface area contributed by atoms with Crippen molar-refractivity contribution >= 4 is 11.7 Å². The number of carbonyl (C=O) groups excluding carboxylic acids is 1. The summed E-state index contributed by atoms with van der Waals surface area (Å²) in [6.45, 7) is 6.95. The highest BCUT2D eigenvalue weighted by molar-refractivity contribution is 5.89. The standard InChI is InChI=1S/C29H32F2N2O2/c1-2-35-29(34)24-9-15-27(16-10-24)33-20-18-32(19-21-33)17-3-4-28(22-5-11-25(30)12-6-22)23-7-13-26(31)14-8-23/h5-16,28H,2-4,17-21H2,1H3. The smallest absolute Gasteiger partial charge is 0.338 e. The highest BCUT2D eigenvalue weighted by atomic mass is 19.1. The van der Waals surface area contributed by atoms with Crippen LogP contribution in [0.1, 0.15) is 47.2 Å². The molecule has 4 rings (SSSR count). The minimum atomic E-state index is -0.288. The van der Waals surface area contributed by atoms with Crippen LogP contribution in [0, 0.1) is 11.6 Å². The summed E-state index contributed by atoms with van der Waals surface area (Å²) in [6.07, 6.45) is 1.90. The van der Waals surface area contributed by atoms with Gasteiger partial charge in [-0.25, -0.2) is 13.6 Å². The fourth-order valence-corrected chi connectivity index (χ4v) is 4.69. The molecule has 0 atom stereocenters. The van der Waals surface area contributed by atoms with Crippen LogP contribution in [-0.4, -0.2) is 50.2 Å². The quantitative estimate of drug-likeness (QED) is 0.360. The molecule has 0 amide bonds. The summed E-state index contributed by atoms with van der Waals surface area (Å²) in [7, 11) is 0. The Morgan fingerprint density at radius 1 is 0.829 bits per heavy atom. The zero-order valence-electron chi connectivity index (χ0n) is 20.1. The number of anilines is 1. The normalized spacial score (nSPS) is 14.3. The van der Waals surface area contributed by atoms with Crippen molar-refractivity contribution in [3.63, 3.8) is 0 Å². The number of nitrogens with zero attached hydrogens (tertiary/aromatic N) is 2. The van der Waals surface area contributed by atoms with Gasteiger partial charge in [0, 0.05) is 37.8 Å². The molecule has 0 radical (unpaired) electrons. The van der Waals surface area contributed by atoms with E-state index in [4.69, 9.17) is 4.74 Å². The number of rotatable bonds is 9. The van der Waals surface area contributed by atoms with Crippen LogP contribution < -0.4 is 4.90 Å². The lowest BCUT2D eigenvalue weighted by molar-refractivity contribution is 0.0526. The third-order valence-corrected chi connectivity index (χ3v) is 6.63. The van der Waals surface area contributed by atoms with Gasteiger partial charge in [0.2, 0.25) is 0 Å². The number of piperazine rings is 1. The molecule has 3 aromatic carbocycles. The summed E-state index contributed by atoms with van der Waals surface area (Å²) in [5, 5.41) is 0. The van der Waals surface area contributed by atoms with E-state index in [1.165, 1.54) is 24.3 Å². The van der Waals surface area contributed by atoms with Crippen molar-refractivity contribution < 1.29 is 18.3 Å². The number of carbonyl (C=O) groups is 1. The van der Waals surface area contributed by atoms with Crippen molar-refractivity contribution in [2.24, 2.45) is 0 Å². The van der Waals surface area contributed by atoms with Gasteiger partial charge in [0.1, 0.15) is 11.6 Å². The molecule has 3 aromatic rings. The zero-order valence-corrected chi connectivity index (χ0v) is 20.1. The van der Waals surface area contributed by atoms with Gasteiger partial charge in [0.25, 0.3) is 0 Å². The molecule has 1 aliphatic rings. The largest absolute Gasteiger partial charge is 0.462 e. The van der Waals surface area contributed by atoms with Crippen molar-refractivity contribution in [3.8, 4) is 0 Å². The van der Waals surface area contributed by atoms with E-state index >= 15 is 0 Å². The number of ether oxygens (including phenoxy) is 1. The van der Waals surface area contributed by atoms with Gasteiger partial charge in [-0.05, 0) is 86.0 Å². The first-order valence-corrected chi connectivity index (χ1v) is 12.3. The maximum atomic E-state index is 13.5. The van der Waals surface area contributed by atoms with Gasteiger partial charge in [-0.15, -0.1) is 0 Å². The monoisotopic (exact) mass is 478 g/mol. The molecule has 184 valence electrons. The number of hydrogen-bond acceptors (Lipinski definition) is 4. The predicted octanol–water partition coefficient (Wildman–Crippen LogP) is 5.88. The van der Waals surface area contributed by atoms with Crippen molar-refractivity contribution in [1.82, 2.24) is 4.90 Å². The van der Waals surface area contributed by atoms with Crippen LogP contribution in [-0.2, 0) is 4.74 Å². The molecule has 1 fully saturated rings.